The fourth-order valence-corrected chi connectivity index (χ4v) is 2.58. The van der Waals surface area contributed by atoms with Crippen molar-refractivity contribution in [3.63, 3.8) is 0 Å². The summed E-state index contributed by atoms with van der Waals surface area (Å²) >= 11 is 0. The van der Waals surface area contributed by atoms with Gasteiger partial charge in [-0.2, -0.15) is 0 Å². The van der Waals surface area contributed by atoms with Crippen molar-refractivity contribution >= 4 is 29.7 Å². The standard InChI is InChI=1S/C18H28N6O9/c1-8(26)14(19)17(31)24-12(6-25)16(30)22-10(2-3-13(27)28)15(29)23-11(18(32)33)4-9-5-20-7-21-9/h5,7-8,10-12,14,25-26H,2-4,6,19H2,1H3,(H,20,21)(H,22,30)(H,23,29)(H,24,31)(H,27,28)(H,32,33). The third-order valence-electron chi connectivity index (χ3n) is 4.51. The zero-order chi connectivity index (χ0) is 25.1. The second-order valence-electron chi connectivity index (χ2n) is 7.18. The molecule has 0 aromatic carbocycles. The molecule has 0 spiro atoms. The highest BCUT2D eigenvalue weighted by atomic mass is 16.4. The first-order valence-electron chi connectivity index (χ1n) is 9.83. The van der Waals surface area contributed by atoms with E-state index in [9.17, 15) is 39.3 Å². The summed E-state index contributed by atoms with van der Waals surface area (Å²) in [6.07, 6.45) is 0.330. The third-order valence-corrected chi connectivity index (χ3v) is 4.51. The monoisotopic (exact) mass is 472 g/mol. The number of aliphatic carboxylic acids is 2. The highest BCUT2D eigenvalue weighted by Gasteiger charge is 2.31. The minimum absolute atomic E-state index is 0.159. The van der Waals surface area contributed by atoms with Crippen molar-refractivity contribution in [2.24, 2.45) is 5.73 Å². The zero-order valence-electron chi connectivity index (χ0n) is 17.7. The van der Waals surface area contributed by atoms with Crippen LogP contribution < -0.4 is 21.7 Å². The number of carboxylic acid groups (broad SMARTS) is 2. The van der Waals surface area contributed by atoms with Gasteiger partial charge >= 0.3 is 11.9 Å². The van der Waals surface area contributed by atoms with Gasteiger partial charge < -0.3 is 47.1 Å². The van der Waals surface area contributed by atoms with Gasteiger partial charge in [-0.05, 0) is 13.3 Å². The van der Waals surface area contributed by atoms with Gasteiger partial charge in [0.2, 0.25) is 17.7 Å². The molecule has 0 aliphatic heterocycles. The summed E-state index contributed by atoms with van der Waals surface area (Å²) in [5.74, 6) is -5.64. The number of amides is 3. The van der Waals surface area contributed by atoms with Crippen LogP contribution in [0.15, 0.2) is 12.5 Å². The molecule has 0 fully saturated rings. The number of aliphatic hydroxyl groups is 2. The van der Waals surface area contributed by atoms with Crippen LogP contribution in [0.1, 0.15) is 25.5 Å². The molecule has 1 rings (SSSR count). The summed E-state index contributed by atoms with van der Waals surface area (Å²) in [7, 11) is 0. The van der Waals surface area contributed by atoms with Gasteiger partial charge in [0.25, 0.3) is 0 Å². The summed E-state index contributed by atoms with van der Waals surface area (Å²) in [4.78, 5) is 66.0. The van der Waals surface area contributed by atoms with E-state index in [4.69, 9.17) is 10.8 Å². The lowest BCUT2D eigenvalue weighted by molar-refractivity contribution is -0.143. The zero-order valence-corrected chi connectivity index (χ0v) is 17.7. The number of aromatic nitrogens is 2. The van der Waals surface area contributed by atoms with Crippen molar-refractivity contribution in [1.82, 2.24) is 25.9 Å². The molecule has 1 aromatic rings. The molecule has 0 aliphatic rings. The number of imidazole rings is 1. The molecule has 0 aliphatic carbocycles. The smallest absolute Gasteiger partial charge is 0.326 e. The van der Waals surface area contributed by atoms with Crippen LogP contribution in [-0.2, 0) is 30.4 Å². The Bertz CT molecular complexity index is 829. The lowest BCUT2D eigenvalue weighted by Crippen LogP contribution is -2.59. The van der Waals surface area contributed by atoms with Gasteiger partial charge in [0.1, 0.15) is 24.2 Å². The fraction of sp³-hybridized carbons (Fsp3) is 0.556. The number of hydrogen-bond donors (Lipinski definition) is 9. The van der Waals surface area contributed by atoms with Gasteiger partial charge in [0.15, 0.2) is 0 Å². The number of carbonyl (C=O) groups is 5. The second-order valence-corrected chi connectivity index (χ2v) is 7.18. The Morgan fingerprint density at radius 1 is 1.03 bits per heavy atom. The molecular weight excluding hydrogens is 444 g/mol. The summed E-state index contributed by atoms with van der Waals surface area (Å²) < 4.78 is 0. The van der Waals surface area contributed by atoms with Gasteiger partial charge in [-0.3, -0.25) is 19.2 Å². The van der Waals surface area contributed by atoms with Crippen molar-refractivity contribution in [1.29, 1.82) is 0 Å². The quantitative estimate of drug-likeness (QED) is 0.126. The second kappa shape index (κ2) is 13.1. The first-order chi connectivity index (χ1) is 15.5. The molecule has 0 radical (unpaired) electrons. The predicted molar refractivity (Wildman–Crippen MR) is 109 cm³/mol. The summed E-state index contributed by atoms with van der Waals surface area (Å²) in [6, 6.07) is -5.87. The van der Waals surface area contributed by atoms with Gasteiger partial charge in [0, 0.05) is 24.7 Å². The largest absolute Gasteiger partial charge is 0.481 e. The lowest BCUT2D eigenvalue weighted by Gasteiger charge is -2.24. The molecule has 0 saturated carbocycles. The summed E-state index contributed by atoms with van der Waals surface area (Å²) in [5, 5.41) is 43.6. The van der Waals surface area contributed by atoms with E-state index in [0.29, 0.717) is 5.69 Å². The SMILES string of the molecule is CC(O)C(N)C(=O)NC(CO)C(=O)NC(CCC(=O)O)C(=O)NC(Cc1cnc[nH]1)C(=O)O. The van der Waals surface area contributed by atoms with Crippen molar-refractivity contribution < 1.29 is 44.4 Å². The first kappa shape index (κ1) is 27.5. The predicted octanol–water partition coefficient (Wildman–Crippen LogP) is -3.94. The number of hydrogen-bond acceptors (Lipinski definition) is 9. The number of carboxylic acids is 2. The molecule has 5 unspecified atom stereocenters. The Morgan fingerprint density at radius 2 is 1.61 bits per heavy atom. The Kier molecular flexibility index (Phi) is 10.9. The van der Waals surface area contributed by atoms with E-state index in [1.165, 1.54) is 19.4 Å². The molecule has 184 valence electrons. The van der Waals surface area contributed by atoms with E-state index in [-0.39, 0.29) is 6.42 Å². The van der Waals surface area contributed by atoms with Gasteiger partial charge in [0.05, 0.1) is 19.0 Å². The number of H-pyrrole nitrogens is 1. The summed E-state index contributed by atoms with van der Waals surface area (Å²) in [6.45, 7) is 0.349. The molecule has 1 heterocycles. The topological polar surface area (TPSA) is 257 Å². The average Bonchev–Trinajstić information content (AvgIpc) is 3.26. The van der Waals surface area contributed by atoms with Crippen LogP contribution in [0.3, 0.4) is 0 Å². The number of nitrogens with two attached hydrogens (primary N) is 1. The normalized spacial score (nSPS) is 15.4. The van der Waals surface area contributed by atoms with Crippen LogP contribution in [0.4, 0.5) is 0 Å². The average molecular weight is 472 g/mol. The van der Waals surface area contributed by atoms with Gasteiger partial charge in [-0.15, -0.1) is 0 Å². The number of nitrogens with zero attached hydrogens (tertiary/aromatic N) is 1. The molecule has 1 aromatic heterocycles. The van der Waals surface area contributed by atoms with E-state index in [2.05, 4.69) is 25.9 Å². The molecule has 15 nitrogen and oxygen atoms in total. The van der Waals surface area contributed by atoms with Crippen LogP contribution in [0.5, 0.6) is 0 Å². The first-order valence-corrected chi connectivity index (χ1v) is 9.83. The van der Waals surface area contributed by atoms with Gasteiger partial charge in [-0.1, -0.05) is 0 Å². The Balaban J connectivity index is 2.92. The lowest BCUT2D eigenvalue weighted by atomic mass is 10.1. The minimum atomic E-state index is -1.57. The van der Waals surface area contributed by atoms with Crippen LogP contribution >= 0.6 is 0 Å². The fourth-order valence-electron chi connectivity index (χ4n) is 2.58. The molecular formula is C18H28N6O9. The molecule has 15 heteroatoms. The van der Waals surface area contributed by atoms with Crippen molar-refractivity contribution in [2.45, 2.75) is 56.5 Å². The van der Waals surface area contributed by atoms with E-state index in [1.54, 1.807) is 0 Å². The minimum Gasteiger partial charge on any atom is -0.481 e. The molecule has 10 N–H and O–H groups in total. The summed E-state index contributed by atoms with van der Waals surface area (Å²) in [5.41, 5.74) is 5.87. The van der Waals surface area contributed by atoms with E-state index >= 15 is 0 Å². The Hall–Kier alpha value is -3.56. The maximum absolute atomic E-state index is 12.7. The van der Waals surface area contributed by atoms with E-state index < -0.39 is 79.4 Å². The third kappa shape index (κ3) is 9.22. The number of nitrogens with one attached hydrogen (secondary N) is 4. The molecule has 0 saturated heterocycles. The Labute approximate surface area is 187 Å². The van der Waals surface area contributed by atoms with E-state index in [0.717, 1.165) is 0 Å². The molecule has 0 bridgehead atoms. The highest BCUT2D eigenvalue weighted by molar-refractivity contribution is 5.94. The number of rotatable bonds is 14. The van der Waals surface area contributed by atoms with Crippen molar-refractivity contribution in [2.75, 3.05) is 6.61 Å². The molecule has 33 heavy (non-hydrogen) atoms. The van der Waals surface area contributed by atoms with Gasteiger partial charge in [-0.25, -0.2) is 9.78 Å². The number of carbonyl (C=O) groups excluding carboxylic acids is 3. The van der Waals surface area contributed by atoms with E-state index in [1.807, 2.05) is 0 Å². The van der Waals surface area contributed by atoms with Crippen molar-refractivity contribution in [3.8, 4) is 0 Å². The molecule has 5 atom stereocenters. The maximum Gasteiger partial charge on any atom is 0.326 e. The van der Waals surface area contributed by atoms with Crippen LogP contribution in [0, 0.1) is 0 Å². The number of aromatic amines is 1. The van der Waals surface area contributed by atoms with Crippen LogP contribution in [-0.4, -0.2) is 96.9 Å². The van der Waals surface area contributed by atoms with Crippen molar-refractivity contribution in [3.05, 3.63) is 18.2 Å². The highest BCUT2D eigenvalue weighted by Crippen LogP contribution is 2.04. The Morgan fingerprint density at radius 3 is 2.09 bits per heavy atom. The van der Waals surface area contributed by atoms with Crippen LogP contribution in [0.25, 0.3) is 0 Å². The molecule has 3 amide bonds. The van der Waals surface area contributed by atoms with Crippen LogP contribution in [0.2, 0.25) is 0 Å². The maximum atomic E-state index is 12.7. The number of aliphatic hydroxyl groups excluding tert-OH is 2.